The molecule has 3 heterocycles. The van der Waals surface area contributed by atoms with Crippen molar-refractivity contribution in [1.29, 1.82) is 0 Å². The first-order valence-electron chi connectivity index (χ1n) is 10.2. The number of hydrogen-bond acceptors (Lipinski definition) is 7. The van der Waals surface area contributed by atoms with Gasteiger partial charge in [0, 0.05) is 24.2 Å². The van der Waals surface area contributed by atoms with Crippen molar-refractivity contribution in [2.24, 2.45) is 0 Å². The number of H-pyrrole nitrogens is 1. The number of nitrogens with zero attached hydrogens (tertiary/aromatic N) is 3. The molecule has 0 aromatic carbocycles. The molecule has 162 valence electrons. The van der Waals surface area contributed by atoms with Gasteiger partial charge in [-0.05, 0) is 38.3 Å². The first-order valence-corrected chi connectivity index (χ1v) is 12.5. The van der Waals surface area contributed by atoms with Gasteiger partial charge in [-0.15, -0.1) is 17.8 Å². The fourth-order valence-corrected chi connectivity index (χ4v) is 5.47. The first kappa shape index (κ1) is 21.5. The Hall–Kier alpha value is -2.74. The number of aromatic amines is 1. The third-order valence-electron chi connectivity index (χ3n) is 4.98. The molecule has 1 aliphatic carbocycles. The molecular weight excluding hydrogens is 432 g/mol. The van der Waals surface area contributed by atoms with Crippen LogP contribution in [-0.4, -0.2) is 35.1 Å². The highest BCUT2D eigenvalue weighted by molar-refractivity contribution is 7.91. The fraction of sp³-hybridized carbons (Fsp3) is 0.381. The number of terminal acetylenes is 1. The van der Waals surface area contributed by atoms with Crippen molar-refractivity contribution in [1.82, 2.24) is 24.9 Å². The molecule has 1 saturated carbocycles. The van der Waals surface area contributed by atoms with Crippen molar-refractivity contribution in [3.8, 4) is 23.0 Å². The van der Waals surface area contributed by atoms with E-state index in [0.29, 0.717) is 46.1 Å². The van der Waals surface area contributed by atoms with Crippen LogP contribution in [0.1, 0.15) is 55.5 Å². The number of anilines is 2. The van der Waals surface area contributed by atoms with Crippen molar-refractivity contribution in [2.45, 2.75) is 49.7 Å². The Balaban J connectivity index is 1.62. The van der Waals surface area contributed by atoms with Crippen LogP contribution in [0, 0.1) is 19.3 Å². The van der Waals surface area contributed by atoms with Crippen LogP contribution in [-0.2, 0) is 10.0 Å². The lowest BCUT2D eigenvalue weighted by atomic mass is 10.2. The number of aryl methyl sites for hydroxylation is 1. The maximum atomic E-state index is 12.5. The second-order valence-electron chi connectivity index (χ2n) is 7.48. The molecule has 0 saturated heterocycles. The predicted octanol–water partition coefficient (Wildman–Crippen LogP) is 3.92. The molecule has 0 aliphatic heterocycles. The molecule has 1 aliphatic rings. The van der Waals surface area contributed by atoms with Gasteiger partial charge in [-0.25, -0.2) is 23.1 Å². The zero-order chi connectivity index (χ0) is 22.0. The normalized spacial score (nSPS) is 13.8. The lowest BCUT2D eigenvalue weighted by Gasteiger charge is -2.09. The van der Waals surface area contributed by atoms with E-state index in [9.17, 15) is 8.42 Å². The third-order valence-corrected chi connectivity index (χ3v) is 8.02. The third kappa shape index (κ3) is 4.79. The van der Waals surface area contributed by atoms with Crippen molar-refractivity contribution in [2.75, 3.05) is 11.9 Å². The van der Waals surface area contributed by atoms with E-state index in [2.05, 4.69) is 36.1 Å². The number of aromatic nitrogens is 4. The molecule has 31 heavy (non-hydrogen) atoms. The van der Waals surface area contributed by atoms with Gasteiger partial charge in [0.25, 0.3) is 0 Å². The van der Waals surface area contributed by atoms with Gasteiger partial charge in [-0.1, -0.05) is 19.3 Å². The Morgan fingerprint density at radius 3 is 2.84 bits per heavy atom. The Labute approximate surface area is 186 Å². The molecule has 8 nitrogen and oxygen atoms in total. The largest absolute Gasteiger partial charge is 0.322 e. The first-order chi connectivity index (χ1) is 14.9. The van der Waals surface area contributed by atoms with Crippen LogP contribution in [0.4, 0.5) is 11.6 Å². The van der Waals surface area contributed by atoms with E-state index in [-0.39, 0.29) is 4.21 Å². The van der Waals surface area contributed by atoms with Gasteiger partial charge >= 0.3 is 0 Å². The summed E-state index contributed by atoms with van der Waals surface area (Å²) in [4.78, 5) is 9.74. The topological polar surface area (TPSA) is 113 Å². The predicted molar refractivity (Wildman–Crippen MR) is 122 cm³/mol. The molecule has 3 N–H and O–H groups in total. The highest BCUT2D eigenvalue weighted by atomic mass is 32.2. The minimum Gasteiger partial charge on any atom is -0.322 e. The van der Waals surface area contributed by atoms with Gasteiger partial charge in [0.05, 0.1) is 16.1 Å². The number of sulfonamides is 1. The maximum absolute atomic E-state index is 12.5. The summed E-state index contributed by atoms with van der Waals surface area (Å²) in [5.41, 5.74) is 2.27. The molecule has 0 amide bonds. The van der Waals surface area contributed by atoms with E-state index in [0.717, 1.165) is 29.9 Å². The van der Waals surface area contributed by atoms with E-state index >= 15 is 0 Å². The lowest BCUT2D eigenvalue weighted by molar-refractivity contribution is 0.580. The van der Waals surface area contributed by atoms with Crippen LogP contribution in [0.25, 0.3) is 10.7 Å². The average Bonchev–Trinajstić information content (AvgIpc) is 3.26. The summed E-state index contributed by atoms with van der Waals surface area (Å²) in [6.07, 6.45) is 9.74. The van der Waals surface area contributed by atoms with Crippen molar-refractivity contribution >= 4 is 33.0 Å². The Morgan fingerprint density at radius 1 is 1.32 bits per heavy atom. The molecule has 0 atom stereocenters. The molecule has 3 aromatic heterocycles. The molecule has 3 aromatic rings. The number of unbranched alkanes of at least 4 members (excludes halogenated alkanes) is 1. The zero-order valence-electron chi connectivity index (χ0n) is 17.4. The molecule has 4 rings (SSSR count). The second kappa shape index (κ2) is 8.78. The Kier molecular flexibility index (Phi) is 6.09. The molecule has 0 radical (unpaired) electrons. The molecule has 0 unspecified atom stereocenters. The SMILES string of the molecule is C#Cc1c(C)nc(-c2ccc(S(=O)(=O)NCCCC)s2)nc1Nc1cc(C2CC2)[nH]n1. The van der Waals surface area contributed by atoms with Gasteiger partial charge in [0.15, 0.2) is 17.5 Å². The maximum Gasteiger partial charge on any atom is 0.250 e. The Morgan fingerprint density at radius 2 is 2.13 bits per heavy atom. The van der Waals surface area contributed by atoms with Crippen LogP contribution in [0.5, 0.6) is 0 Å². The van der Waals surface area contributed by atoms with Crippen molar-refractivity contribution in [3.05, 3.63) is 35.2 Å². The summed E-state index contributed by atoms with van der Waals surface area (Å²) in [5.74, 6) is 4.71. The number of hydrogen-bond donors (Lipinski definition) is 3. The fourth-order valence-electron chi connectivity index (χ4n) is 3.11. The van der Waals surface area contributed by atoms with Crippen molar-refractivity contribution < 1.29 is 8.42 Å². The number of thiophene rings is 1. The van der Waals surface area contributed by atoms with Gasteiger partial charge in [0.1, 0.15) is 4.21 Å². The van der Waals surface area contributed by atoms with Crippen LogP contribution < -0.4 is 10.0 Å². The smallest absolute Gasteiger partial charge is 0.250 e. The molecule has 1 fully saturated rings. The van der Waals surface area contributed by atoms with Crippen LogP contribution in [0.3, 0.4) is 0 Å². The monoisotopic (exact) mass is 456 g/mol. The zero-order valence-corrected chi connectivity index (χ0v) is 19.0. The highest BCUT2D eigenvalue weighted by Gasteiger charge is 2.26. The Bertz CT molecular complexity index is 1240. The standard InChI is InChI=1S/C21H24N6O2S2/c1-4-6-11-22-31(28,29)19-10-9-17(30-19)21-23-13(3)15(5-2)20(25-21)24-18-12-16(26-27-18)14-7-8-14/h2,9-10,12,14,22H,4,6-8,11H2,1,3H3,(H2,23,24,25,26,27). The van der Waals surface area contributed by atoms with E-state index in [1.165, 1.54) is 12.8 Å². The van der Waals surface area contributed by atoms with Gasteiger partial charge in [-0.2, -0.15) is 5.10 Å². The summed E-state index contributed by atoms with van der Waals surface area (Å²) in [6.45, 7) is 4.24. The highest BCUT2D eigenvalue weighted by Crippen LogP contribution is 2.40. The number of rotatable bonds is 9. The van der Waals surface area contributed by atoms with Crippen LogP contribution >= 0.6 is 11.3 Å². The van der Waals surface area contributed by atoms with Crippen LogP contribution in [0.15, 0.2) is 22.4 Å². The van der Waals surface area contributed by atoms with E-state index in [4.69, 9.17) is 6.42 Å². The molecule has 10 heteroatoms. The quantitative estimate of drug-likeness (QED) is 0.332. The van der Waals surface area contributed by atoms with Gasteiger partial charge in [-0.3, -0.25) is 5.10 Å². The van der Waals surface area contributed by atoms with E-state index in [1.54, 1.807) is 12.1 Å². The van der Waals surface area contributed by atoms with E-state index in [1.807, 2.05) is 19.9 Å². The van der Waals surface area contributed by atoms with Crippen molar-refractivity contribution in [3.63, 3.8) is 0 Å². The van der Waals surface area contributed by atoms with E-state index < -0.39 is 10.0 Å². The lowest BCUT2D eigenvalue weighted by Crippen LogP contribution is -2.23. The summed E-state index contributed by atoms with van der Waals surface area (Å²) in [7, 11) is -3.55. The summed E-state index contributed by atoms with van der Waals surface area (Å²) < 4.78 is 27.9. The average molecular weight is 457 g/mol. The minimum atomic E-state index is -3.55. The van der Waals surface area contributed by atoms with Gasteiger partial charge < -0.3 is 5.32 Å². The minimum absolute atomic E-state index is 0.233. The van der Waals surface area contributed by atoms with Gasteiger partial charge in [0.2, 0.25) is 10.0 Å². The molecular formula is C21H24N6O2S2. The summed E-state index contributed by atoms with van der Waals surface area (Å²) >= 11 is 1.13. The second-order valence-corrected chi connectivity index (χ2v) is 10.6. The number of nitrogens with one attached hydrogen (secondary N) is 3. The molecule has 0 spiro atoms. The molecule has 0 bridgehead atoms. The summed E-state index contributed by atoms with van der Waals surface area (Å²) in [5, 5.41) is 10.5. The van der Waals surface area contributed by atoms with Crippen LogP contribution in [0.2, 0.25) is 0 Å². The summed E-state index contributed by atoms with van der Waals surface area (Å²) in [6, 6.07) is 5.25.